The molecule has 5 aromatic rings. The van der Waals surface area contributed by atoms with Gasteiger partial charge in [-0.05, 0) is 54.5 Å². The van der Waals surface area contributed by atoms with E-state index in [0.717, 1.165) is 42.5 Å². The molecule has 0 aromatic carbocycles. The molecule has 5 heterocycles. The van der Waals surface area contributed by atoms with Crippen LogP contribution < -0.4 is 10.6 Å². The number of anilines is 1. The Hall–Kier alpha value is -4.85. The Labute approximate surface area is 230 Å². The molecule has 0 fully saturated rings. The van der Waals surface area contributed by atoms with E-state index in [2.05, 4.69) is 36.0 Å². The summed E-state index contributed by atoms with van der Waals surface area (Å²) in [7, 11) is -3.47. The molecule has 0 aliphatic carbocycles. The normalized spacial score (nSPS) is 11.4. The lowest BCUT2D eigenvalue weighted by atomic mass is 10.2. The largest absolute Gasteiger partial charge is 0.370 e. The summed E-state index contributed by atoms with van der Waals surface area (Å²) in [6, 6.07) is 12.7. The van der Waals surface area contributed by atoms with E-state index in [1.807, 2.05) is 30.3 Å². The van der Waals surface area contributed by atoms with Crippen LogP contribution in [0, 0.1) is 0 Å². The number of aromatic nitrogens is 8. The molecule has 0 unspecified atom stereocenters. The third-order valence-corrected chi connectivity index (χ3v) is 7.04. The Kier molecular flexibility index (Phi) is 7.96. The molecule has 14 heteroatoms. The summed E-state index contributed by atoms with van der Waals surface area (Å²) in [6.45, 7) is 1.60. The van der Waals surface area contributed by atoms with E-state index in [1.54, 1.807) is 17.1 Å². The van der Waals surface area contributed by atoms with Crippen LogP contribution in [0.1, 0.15) is 28.9 Å². The number of pyridine rings is 4. The average Bonchev–Trinajstić information content (AvgIpc) is 3.49. The Bertz CT molecular complexity index is 1740. The summed E-state index contributed by atoms with van der Waals surface area (Å²) in [4.78, 5) is 31.9. The van der Waals surface area contributed by atoms with Gasteiger partial charge in [0.1, 0.15) is 5.82 Å². The van der Waals surface area contributed by atoms with Crippen LogP contribution in [0.2, 0.25) is 0 Å². The van der Waals surface area contributed by atoms with Crippen molar-refractivity contribution in [2.45, 2.75) is 30.8 Å². The van der Waals surface area contributed by atoms with Crippen molar-refractivity contribution in [2.75, 3.05) is 18.1 Å². The highest BCUT2D eigenvalue weighted by Crippen LogP contribution is 2.21. The monoisotopic (exact) mass is 558 g/mol. The topological polar surface area (TPSA) is 170 Å². The van der Waals surface area contributed by atoms with E-state index in [4.69, 9.17) is 9.97 Å². The van der Waals surface area contributed by atoms with Gasteiger partial charge >= 0.3 is 0 Å². The van der Waals surface area contributed by atoms with Gasteiger partial charge in [-0.2, -0.15) is 4.80 Å². The molecule has 0 saturated carbocycles. The van der Waals surface area contributed by atoms with Crippen LogP contribution in [0.5, 0.6) is 0 Å². The van der Waals surface area contributed by atoms with E-state index < -0.39 is 15.7 Å². The minimum absolute atomic E-state index is 0.0192. The molecule has 2 N–H and O–H groups in total. The third kappa shape index (κ3) is 6.77. The van der Waals surface area contributed by atoms with E-state index in [0.29, 0.717) is 23.4 Å². The first-order valence-corrected chi connectivity index (χ1v) is 14.4. The molecule has 0 aliphatic heterocycles. The van der Waals surface area contributed by atoms with Crippen molar-refractivity contribution in [2.24, 2.45) is 0 Å². The van der Waals surface area contributed by atoms with Crippen molar-refractivity contribution >= 4 is 32.5 Å². The van der Waals surface area contributed by atoms with Crippen molar-refractivity contribution < 1.29 is 13.2 Å². The second-order valence-electron chi connectivity index (χ2n) is 9.00. The van der Waals surface area contributed by atoms with Gasteiger partial charge in [-0.25, -0.2) is 18.4 Å². The number of rotatable bonds is 11. The maximum atomic E-state index is 12.6. The standard InChI is InChI=1S/C26H26N10O3S/c1-40(38,39)21-11-19(13-27-16-21)26(37)30-15-20-12-24-18(14-29-20)7-8-23(33-24)22-5-4-6-25(34-22)28-9-2-3-10-36-32-17-31-35-36/h4-8,11-14,16-17H,2-3,9-10,15H2,1H3,(H,28,34)(H,30,37). The summed E-state index contributed by atoms with van der Waals surface area (Å²) in [5.41, 5.74) is 2.89. The molecule has 0 spiro atoms. The zero-order valence-corrected chi connectivity index (χ0v) is 22.4. The number of nitrogens with zero attached hydrogens (tertiary/aromatic N) is 8. The summed E-state index contributed by atoms with van der Waals surface area (Å²) in [5.74, 6) is 0.302. The molecule has 1 amide bonds. The summed E-state index contributed by atoms with van der Waals surface area (Å²) < 4.78 is 23.5. The van der Waals surface area contributed by atoms with Gasteiger partial charge < -0.3 is 10.6 Å². The van der Waals surface area contributed by atoms with Gasteiger partial charge in [-0.3, -0.25) is 14.8 Å². The van der Waals surface area contributed by atoms with Crippen LogP contribution in [0.25, 0.3) is 22.3 Å². The minimum atomic E-state index is -3.47. The molecule has 0 bridgehead atoms. The molecule has 13 nitrogen and oxygen atoms in total. The number of tetrazole rings is 1. The Morgan fingerprint density at radius 3 is 2.70 bits per heavy atom. The van der Waals surface area contributed by atoms with Gasteiger partial charge in [-0.1, -0.05) is 6.07 Å². The van der Waals surface area contributed by atoms with Crippen LogP contribution in [0.15, 0.2) is 72.3 Å². The molecule has 5 rings (SSSR count). The first-order valence-electron chi connectivity index (χ1n) is 12.5. The number of carbonyl (C=O) groups excluding carboxylic acids is 1. The quantitative estimate of drug-likeness (QED) is 0.228. The van der Waals surface area contributed by atoms with Gasteiger partial charge in [-0.15, -0.1) is 10.2 Å². The summed E-state index contributed by atoms with van der Waals surface area (Å²) in [6.07, 6.45) is 8.55. The fourth-order valence-electron chi connectivity index (χ4n) is 3.88. The van der Waals surface area contributed by atoms with Crippen LogP contribution in [-0.2, 0) is 22.9 Å². The van der Waals surface area contributed by atoms with Gasteiger partial charge in [0.2, 0.25) is 0 Å². The highest BCUT2D eigenvalue weighted by Gasteiger charge is 2.13. The molecule has 204 valence electrons. The second-order valence-corrected chi connectivity index (χ2v) is 11.0. The number of fused-ring (bicyclic) bond motifs is 1. The first-order chi connectivity index (χ1) is 19.3. The van der Waals surface area contributed by atoms with Gasteiger partial charge in [0.05, 0.1) is 46.1 Å². The predicted molar refractivity (Wildman–Crippen MR) is 147 cm³/mol. The first kappa shape index (κ1) is 26.7. The smallest absolute Gasteiger partial charge is 0.253 e. The molecular weight excluding hydrogens is 532 g/mol. The van der Waals surface area contributed by atoms with E-state index in [1.165, 1.54) is 24.8 Å². The summed E-state index contributed by atoms with van der Waals surface area (Å²) in [5, 5.41) is 18.5. The van der Waals surface area contributed by atoms with Crippen molar-refractivity contribution in [1.82, 2.24) is 45.5 Å². The molecule has 40 heavy (non-hydrogen) atoms. The van der Waals surface area contributed by atoms with E-state index in [9.17, 15) is 13.2 Å². The number of nitrogens with one attached hydrogen (secondary N) is 2. The van der Waals surface area contributed by atoms with Crippen LogP contribution in [0.3, 0.4) is 0 Å². The fraction of sp³-hybridized carbons (Fsp3) is 0.231. The maximum absolute atomic E-state index is 12.6. The molecule has 0 saturated heterocycles. The lowest BCUT2D eigenvalue weighted by Crippen LogP contribution is -2.23. The third-order valence-electron chi connectivity index (χ3n) is 5.96. The Morgan fingerprint density at radius 1 is 1.00 bits per heavy atom. The van der Waals surface area contributed by atoms with E-state index >= 15 is 0 Å². The van der Waals surface area contributed by atoms with Gasteiger partial charge in [0.15, 0.2) is 16.2 Å². The summed E-state index contributed by atoms with van der Waals surface area (Å²) >= 11 is 0. The Morgan fingerprint density at radius 2 is 1.88 bits per heavy atom. The minimum Gasteiger partial charge on any atom is -0.370 e. The second kappa shape index (κ2) is 11.9. The fourth-order valence-corrected chi connectivity index (χ4v) is 4.47. The average molecular weight is 559 g/mol. The molecule has 0 aliphatic rings. The molecule has 0 atom stereocenters. The highest BCUT2D eigenvalue weighted by molar-refractivity contribution is 7.90. The SMILES string of the molecule is CS(=O)(=O)c1cncc(C(=O)NCc2cc3nc(-c4cccc(NCCCCn5ncnn5)n4)ccc3cn2)c1. The van der Waals surface area contributed by atoms with Crippen LogP contribution in [0.4, 0.5) is 5.82 Å². The lowest BCUT2D eigenvalue weighted by molar-refractivity contribution is 0.0950. The van der Waals surface area contributed by atoms with Crippen LogP contribution >= 0.6 is 0 Å². The van der Waals surface area contributed by atoms with Gasteiger partial charge in [0, 0.05) is 36.8 Å². The number of aryl methyl sites for hydroxylation is 1. The number of hydrogen-bond donors (Lipinski definition) is 2. The number of carbonyl (C=O) groups is 1. The van der Waals surface area contributed by atoms with Crippen molar-refractivity contribution in [3.8, 4) is 11.4 Å². The number of sulfone groups is 1. The zero-order chi connectivity index (χ0) is 28.0. The lowest BCUT2D eigenvalue weighted by Gasteiger charge is -2.09. The maximum Gasteiger partial charge on any atom is 0.253 e. The number of hydrogen-bond acceptors (Lipinski definition) is 11. The zero-order valence-electron chi connectivity index (χ0n) is 21.6. The number of unbranched alkanes of at least 4 members (excludes halogenated alkanes) is 1. The van der Waals surface area contributed by atoms with Crippen molar-refractivity contribution in [1.29, 1.82) is 0 Å². The highest BCUT2D eigenvalue weighted by atomic mass is 32.2. The molecular formula is C26H26N10O3S. The van der Waals surface area contributed by atoms with Gasteiger partial charge in [0.25, 0.3) is 5.91 Å². The predicted octanol–water partition coefficient (Wildman–Crippen LogP) is 2.30. The van der Waals surface area contributed by atoms with Crippen molar-refractivity contribution in [3.05, 3.63) is 78.6 Å². The van der Waals surface area contributed by atoms with Crippen LogP contribution in [-0.4, -0.2) is 67.3 Å². The van der Waals surface area contributed by atoms with E-state index in [-0.39, 0.29) is 17.0 Å². The Balaban J connectivity index is 1.22. The van der Waals surface area contributed by atoms with Crippen molar-refractivity contribution in [3.63, 3.8) is 0 Å². The number of amides is 1. The molecule has 0 radical (unpaired) electrons. The molecule has 5 aromatic heterocycles.